The van der Waals surface area contributed by atoms with Crippen molar-refractivity contribution >= 4 is 40.9 Å². The van der Waals surface area contributed by atoms with Crippen molar-refractivity contribution in [3.63, 3.8) is 0 Å². The fraction of sp³-hybridized carbons (Fsp3) is 0.261. The summed E-state index contributed by atoms with van der Waals surface area (Å²) in [6, 6.07) is 13.2. The molecule has 4 rings (SSSR count). The fourth-order valence-electron chi connectivity index (χ4n) is 3.29. The summed E-state index contributed by atoms with van der Waals surface area (Å²) in [5, 5.41) is 16.6. The maximum absolute atomic E-state index is 12.6. The Morgan fingerprint density at radius 2 is 1.79 bits per heavy atom. The molecule has 0 unspecified atom stereocenters. The van der Waals surface area contributed by atoms with Gasteiger partial charge in [0.25, 0.3) is 0 Å². The summed E-state index contributed by atoms with van der Waals surface area (Å²) in [4.78, 5) is 36.3. The van der Waals surface area contributed by atoms with Gasteiger partial charge in [0.05, 0.1) is 6.61 Å². The maximum atomic E-state index is 12.6. The van der Waals surface area contributed by atoms with Crippen molar-refractivity contribution in [2.24, 2.45) is 0 Å². The third kappa shape index (κ3) is 5.34. The summed E-state index contributed by atoms with van der Waals surface area (Å²) in [5.74, 6) is -0.407. The minimum atomic E-state index is -0.919. The van der Waals surface area contributed by atoms with E-state index in [2.05, 4.69) is 26.1 Å². The second-order valence-electron chi connectivity index (χ2n) is 7.65. The van der Waals surface area contributed by atoms with E-state index in [0.717, 1.165) is 0 Å². The molecule has 0 aliphatic heterocycles. The Bertz CT molecular complexity index is 1210. The standard InChI is InChI=1S/C23H22ClN5O5/c1-2-33-18(30)13-25-20(31)23(10-11-23)21-29-28-19(34-21)14-6-8-16(9-7-14)26-22(32)27-17-5-3-4-15(24)12-17/h3-9,12H,2,10-11,13H2,1H3,(H,25,31)(H2,26,27,32). The average Bonchev–Trinajstić information content (AvgIpc) is 3.47. The van der Waals surface area contributed by atoms with Gasteiger partial charge in [-0.25, -0.2) is 4.79 Å². The molecule has 0 radical (unpaired) electrons. The van der Waals surface area contributed by atoms with E-state index in [1.54, 1.807) is 55.5 Å². The van der Waals surface area contributed by atoms with Crippen molar-refractivity contribution in [2.45, 2.75) is 25.2 Å². The summed E-state index contributed by atoms with van der Waals surface area (Å²) < 4.78 is 10.6. The molecule has 1 heterocycles. The molecule has 0 atom stereocenters. The molecule has 10 nitrogen and oxygen atoms in total. The van der Waals surface area contributed by atoms with E-state index in [1.807, 2.05) is 0 Å². The zero-order valence-electron chi connectivity index (χ0n) is 18.3. The van der Waals surface area contributed by atoms with E-state index < -0.39 is 17.4 Å². The highest BCUT2D eigenvalue weighted by atomic mass is 35.5. The van der Waals surface area contributed by atoms with Crippen LogP contribution in [0.5, 0.6) is 0 Å². The van der Waals surface area contributed by atoms with Crippen LogP contribution in [-0.4, -0.2) is 41.3 Å². The number of benzene rings is 2. The molecular weight excluding hydrogens is 462 g/mol. The highest BCUT2D eigenvalue weighted by Crippen LogP contribution is 2.48. The third-order valence-electron chi connectivity index (χ3n) is 5.19. The van der Waals surface area contributed by atoms with Gasteiger partial charge in [-0.3, -0.25) is 9.59 Å². The molecule has 0 bridgehead atoms. The summed E-state index contributed by atoms with van der Waals surface area (Å²) in [6.45, 7) is 1.73. The van der Waals surface area contributed by atoms with E-state index >= 15 is 0 Å². The lowest BCUT2D eigenvalue weighted by Gasteiger charge is -2.10. The predicted octanol–water partition coefficient (Wildman–Crippen LogP) is 3.74. The lowest BCUT2D eigenvalue weighted by Crippen LogP contribution is -2.38. The Hall–Kier alpha value is -3.92. The van der Waals surface area contributed by atoms with Crippen LogP contribution in [0.3, 0.4) is 0 Å². The number of esters is 1. The van der Waals surface area contributed by atoms with E-state index in [4.69, 9.17) is 20.8 Å². The smallest absolute Gasteiger partial charge is 0.325 e. The molecule has 0 spiro atoms. The molecule has 176 valence electrons. The van der Waals surface area contributed by atoms with Crippen LogP contribution in [-0.2, 0) is 19.7 Å². The number of carbonyl (C=O) groups excluding carboxylic acids is 3. The Morgan fingerprint density at radius 1 is 1.06 bits per heavy atom. The number of rotatable bonds is 8. The zero-order valence-corrected chi connectivity index (χ0v) is 19.0. The second kappa shape index (κ2) is 9.92. The first-order valence-corrected chi connectivity index (χ1v) is 11.0. The molecule has 3 amide bonds. The van der Waals surface area contributed by atoms with Crippen LogP contribution >= 0.6 is 11.6 Å². The number of ether oxygens (including phenoxy) is 1. The van der Waals surface area contributed by atoms with E-state index in [9.17, 15) is 14.4 Å². The molecule has 11 heteroatoms. The first kappa shape index (κ1) is 23.2. The molecule has 1 aliphatic carbocycles. The zero-order chi connectivity index (χ0) is 24.1. The number of nitrogens with one attached hydrogen (secondary N) is 3. The summed E-state index contributed by atoms with van der Waals surface area (Å²) >= 11 is 5.92. The van der Waals surface area contributed by atoms with Gasteiger partial charge >= 0.3 is 12.0 Å². The summed E-state index contributed by atoms with van der Waals surface area (Å²) in [7, 11) is 0. The number of anilines is 2. The minimum absolute atomic E-state index is 0.201. The van der Waals surface area contributed by atoms with Crippen molar-refractivity contribution in [1.29, 1.82) is 0 Å². The molecule has 3 aromatic rings. The van der Waals surface area contributed by atoms with Crippen LogP contribution in [0, 0.1) is 0 Å². The van der Waals surface area contributed by atoms with Crippen molar-refractivity contribution in [3.8, 4) is 11.5 Å². The first-order chi connectivity index (χ1) is 16.4. The molecule has 1 saturated carbocycles. The van der Waals surface area contributed by atoms with Crippen molar-refractivity contribution in [1.82, 2.24) is 15.5 Å². The quantitative estimate of drug-likeness (QED) is 0.415. The molecule has 34 heavy (non-hydrogen) atoms. The molecule has 1 aliphatic rings. The molecule has 2 aromatic carbocycles. The minimum Gasteiger partial charge on any atom is -0.465 e. The van der Waals surface area contributed by atoms with Crippen LogP contribution in [0.4, 0.5) is 16.2 Å². The number of hydrogen-bond acceptors (Lipinski definition) is 7. The number of urea groups is 1. The van der Waals surface area contributed by atoms with Crippen molar-refractivity contribution in [2.75, 3.05) is 23.8 Å². The van der Waals surface area contributed by atoms with E-state index in [-0.39, 0.29) is 30.8 Å². The Balaban J connectivity index is 1.37. The Kier molecular flexibility index (Phi) is 6.78. The number of amides is 3. The van der Waals surface area contributed by atoms with Crippen LogP contribution < -0.4 is 16.0 Å². The summed E-state index contributed by atoms with van der Waals surface area (Å²) in [6.07, 6.45) is 1.10. The van der Waals surface area contributed by atoms with Gasteiger partial charge in [-0.2, -0.15) is 0 Å². The Morgan fingerprint density at radius 3 is 2.47 bits per heavy atom. The second-order valence-corrected chi connectivity index (χ2v) is 8.09. The Labute approximate surface area is 200 Å². The third-order valence-corrected chi connectivity index (χ3v) is 5.42. The SMILES string of the molecule is CCOC(=O)CNC(=O)C1(c2nnc(-c3ccc(NC(=O)Nc4cccc(Cl)c4)cc3)o2)CC1. The number of aromatic nitrogens is 2. The van der Waals surface area contributed by atoms with Gasteiger partial charge in [0, 0.05) is 22.0 Å². The number of hydrogen-bond donors (Lipinski definition) is 3. The lowest BCUT2D eigenvalue weighted by atomic mass is 10.1. The van der Waals surface area contributed by atoms with Gasteiger partial charge in [-0.05, 0) is 62.2 Å². The van der Waals surface area contributed by atoms with Crippen LogP contribution in [0.15, 0.2) is 52.9 Å². The number of carbonyl (C=O) groups is 3. The van der Waals surface area contributed by atoms with Gasteiger partial charge < -0.3 is 25.1 Å². The van der Waals surface area contributed by atoms with Crippen molar-refractivity contribution < 1.29 is 23.5 Å². The normalized spacial score (nSPS) is 13.6. The molecule has 0 saturated heterocycles. The van der Waals surface area contributed by atoms with Gasteiger partial charge in [-0.1, -0.05) is 17.7 Å². The first-order valence-electron chi connectivity index (χ1n) is 10.6. The molecule has 1 aromatic heterocycles. The largest absolute Gasteiger partial charge is 0.465 e. The predicted molar refractivity (Wildman–Crippen MR) is 124 cm³/mol. The highest BCUT2D eigenvalue weighted by Gasteiger charge is 2.56. The topological polar surface area (TPSA) is 135 Å². The van der Waals surface area contributed by atoms with Crippen LogP contribution in [0.2, 0.25) is 5.02 Å². The number of nitrogens with zero attached hydrogens (tertiary/aromatic N) is 2. The molecule has 3 N–H and O–H groups in total. The molecule has 1 fully saturated rings. The van der Waals surface area contributed by atoms with Gasteiger partial charge in [0.2, 0.25) is 17.7 Å². The molecular formula is C23H22ClN5O5. The van der Waals surface area contributed by atoms with Gasteiger partial charge in [-0.15, -0.1) is 10.2 Å². The fourth-order valence-corrected chi connectivity index (χ4v) is 3.48. The van der Waals surface area contributed by atoms with E-state index in [1.165, 1.54) is 0 Å². The summed E-state index contributed by atoms with van der Waals surface area (Å²) in [5.41, 5.74) is 0.833. The van der Waals surface area contributed by atoms with Gasteiger partial charge in [0.15, 0.2) is 0 Å². The van der Waals surface area contributed by atoms with Crippen LogP contribution in [0.1, 0.15) is 25.7 Å². The highest BCUT2D eigenvalue weighted by molar-refractivity contribution is 6.30. The maximum Gasteiger partial charge on any atom is 0.325 e. The monoisotopic (exact) mass is 483 g/mol. The van der Waals surface area contributed by atoms with Crippen LogP contribution in [0.25, 0.3) is 11.5 Å². The average molecular weight is 484 g/mol. The number of halogens is 1. The van der Waals surface area contributed by atoms with E-state index in [0.29, 0.717) is 34.8 Å². The van der Waals surface area contributed by atoms with Crippen molar-refractivity contribution in [3.05, 3.63) is 59.4 Å². The van der Waals surface area contributed by atoms with Gasteiger partial charge in [0.1, 0.15) is 12.0 Å². The lowest BCUT2D eigenvalue weighted by molar-refractivity contribution is -0.143.